The predicted molar refractivity (Wildman–Crippen MR) is 58.2 cm³/mol. The van der Waals surface area contributed by atoms with Crippen LogP contribution in [0.5, 0.6) is 0 Å². The van der Waals surface area contributed by atoms with Crippen molar-refractivity contribution in [3.63, 3.8) is 0 Å². The molecule has 0 aliphatic carbocycles. The van der Waals surface area contributed by atoms with Gasteiger partial charge in [0, 0.05) is 0 Å². The Bertz CT molecular complexity index is 185. The first kappa shape index (κ1) is 8.97. The summed E-state index contributed by atoms with van der Waals surface area (Å²) in [5, 5.41) is 2.30. The van der Waals surface area contributed by atoms with Gasteiger partial charge < -0.3 is 0 Å². The number of hydrogen-bond acceptors (Lipinski definition) is 3. The molecule has 1 nitrogen and oxygen atoms in total. The van der Waals surface area contributed by atoms with E-state index >= 15 is 0 Å². The Morgan fingerprint density at radius 1 is 1.33 bits per heavy atom. The summed E-state index contributed by atoms with van der Waals surface area (Å²) >= 11 is 4.01. The molecular formula is C9H15NS2. The zero-order valence-electron chi connectivity index (χ0n) is 7.45. The molecule has 1 saturated heterocycles. The van der Waals surface area contributed by atoms with Crippen LogP contribution in [0.1, 0.15) is 26.2 Å². The molecule has 0 aromatic rings. The van der Waals surface area contributed by atoms with Crippen molar-refractivity contribution in [1.29, 1.82) is 0 Å². The highest BCUT2D eigenvalue weighted by Crippen LogP contribution is 2.41. The van der Waals surface area contributed by atoms with Gasteiger partial charge in [0.05, 0.1) is 0 Å². The third-order valence-corrected chi connectivity index (χ3v) is 5.11. The molecule has 2 heterocycles. The Kier molecular flexibility index (Phi) is 3.05. The van der Waals surface area contributed by atoms with Crippen LogP contribution < -0.4 is 0 Å². The van der Waals surface area contributed by atoms with E-state index in [2.05, 4.69) is 17.2 Å². The first-order valence-corrected chi connectivity index (χ1v) is 6.41. The average molecular weight is 201 g/mol. The fraction of sp³-hybridized carbons (Fsp3) is 0.778. The summed E-state index contributed by atoms with van der Waals surface area (Å²) in [6.45, 7) is 4.83. The third-order valence-electron chi connectivity index (χ3n) is 2.33. The van der Waals surface area contributed by atoms with E-state index in [0.29, 0.717) is 4.71 Å². The standard InChI is InChI=1S/C9H15NS2/c1-8-7-11-9(12-8)10-5-3-2-4-6-10/h7,9H,2-6H2,1H3. The van der Waals surface area contributed by atoms with Crippen LogP contribution in [0.2, 0.25) is 0 Å². The van der Waals surface area contributed by atoms with Gasteiger partial charge in [-0.3, -0.25) is 4.90 Å². The van der Waals surface area contributed by atoms with Crippen LogP contribution in [0.3, 0.4) is 0 Å². The van der Waals surface area contributed by atoms with Crippen LogP contribution in [0.15, 0.2) is 10.3 Å². The van der Waals surface area contributed by atoms with Gasteiger partial charge in [-0.25, -0.2) is 0 Å². The maximum atomic E-state index is 2.62. The van der Waals surface area contributed by atoms with Gasteiger partial charge in [0.15, 0.2) is 0 Å². The van der Waals surface area contributed by atoms with Crippen LogP contribution in [0.25, 0.3) is 0 Å². The number of hydrogen-bond donors (Lipinski definition) is 0. The van der Waals surface area contributed by atoms with Crippen molar-refractivity contribution in [2.45, 2.75) is 30.9 Å². The first-order chi connectivity index (χ1) is 5.86. The topological polar surface area (TPSA) is 3.24 Å². The highest BCUT2D eigenvalue weighted by molar-refractivity contribution is 8.22. The van der Waals surface area contributed by atoms with Crippen molar-refractivity contribution in [2.24, 2.45) is 0 Å². The van der Waals surface area contributed by atoms with E-state index in [9.17, 15) is 0 Å². The van der Waals surface area contributed by atoms with Gasteiger partial charge in [-0.2, -0.15) is 0 Å². The van der Waals surface area contributed by atoms with E-state index < -0.39 is 0 Å². The molecule has 0 bridgehead atoms. The van der Waals surface area contributed by atoms with E-state index in [1.54, 1.807) is 0 Å². The molecule has 0 spiro atoms. The number of piperidine rings is 1. The van der Waals surface area contributed by atoms with Gasteiger partial charge in [0.2, 0.25) is 0 Å². The molecule has 2 aliphatic heterocycles. The molecule has 1 atom stereocenters. The van der Waals surface area contributed by atoms with Gasteiger partial charge in [-0.05, 0) is 43.2 Å². The number of allylic oxidation sites excluding steroid dienone is 1. The smallest absolute Gasteiger partial charge is 0.111 e. The molecule has 2 rings (SSSR count). The molecule has 3 heteroatoms. The zero-order chi connectivity index (χ0) is 8.39. The monoisotopic (exact) mass is 201 g/mol. The summed E-state index contributed by atoms with van der Waals surface area (Å²) in [4.78, 5) is 4.10. The number of likely N-dealkylation sites (tertiary alicyclic amines) is 1. The Labute approximate surface area is 83.0 Å². The zero-order valence-corrected chi connectivity index (χ0v) is 9.09. The van der Waals surface area contributed by atoms with Crippen LogP contribution in [-0.2, 0) is 0 Å². The van der Waals surface area contributed by atoms with Crippen LogP contribution >= 0.6 is 23.5 Å². The fourth-order valence-electron chi connectivity index (χ4n) is 1.66. The van der Waals surface area contributed by atoms with Crippen LogP contribution in [0.4, 0.5) is 0 Å². The molecule has 1 unspecified atom stereocenters. The molecule has 1 fully saturated rings. The molecule has 68 valence electrons. The van der Waals surface area contributed by atoms with E-state index in [1.165, 1.54) is 37.3 Å². The van der Waals surface area contributed by atoms with Crippen LogP contribution in [-0.4, -0.2) is 22.7 Å². The van der Waals surface area contributed by atoms with Gasteiger partial charge >= 0.3 is 0 Å². The molecule has 2 aliphatic rings. The largest absolute Gasteiger partial charge is 0.283 e. The lowest BCUT2D eigenvalue weighted by molar-refractivity contribution is 0.253. The lowest BCUT2D eigenvalue weighted by atomic mass is 10.1. The minimum Gasteiger partial charge on any atom is -0.283 e. The normalized spacial score (nSPS) is 32.1. The lowest BCUT2D eigenvalue weighted by Gasteiger charge is -2.30. The van der Waals surface area contributed by atoms with E-state index in [0.717, 1.165) is 0 Å². The molecule has 0 aromatic heterocycles. The maximum absolute atomic E-state index is 2.62. The van der Waals surface area contributed by atoms with E-state index in [1.807, 2.05) is 23.5 Å². The Hall–Kier alpha value is 0.400. The molecule has 0 N–H and O–H groups in total. The van der Waals surface area contributed by atoms with Crippen molar-refractivity contribution in [3.05, 3.63) is 10.3 Å². The molecule has 12 heavy (non-hydrogen) atoms. The first-order valence-electron chi connectivity index (χ1n) is 4.59. The SMILES string of the molecule is CC1=CSC(N2CCCCC2)S1. The quantitative estimate of drug-likeness (QED) is 0.642. The highest BCUT2D eigenvalue weighted by atomic mass is 32.2. The fourth-order valence-corrected chi connectivity index (χ4v) is 4.26. The summed E-state index contributed by atoms with van der Waals surface area (Å²) in [6.07, 6.45) is 4.23. The second-order valence-electron chi connectivity index (χ2n) is 3.39. The third kappa shape index (κ3) is 2.01. The molecule has 0 saturated carbocycles. The molecule has 0 amide bonds. The van der Waals surface area contributed by atoms with Crippen molar-refractivity contribution in [3.8, 4) is 0 Å². The summed E-state index contributed by atoms with van der Waals surface area (Å²) < 4.78 is 0.699. The molecular weight excluding hydrogens is 186 g/mol. The van der Waals surface area contributed by atoms with E-state index in [-0.39, 0.29) is 0 Å². The summed E-state index contributed by atoms with van der Waals surface area (Å²) in [5.41, 5.74) is 0. The van der Waals surface area contributed by atoms with Gasteiger partial charge in [0.1, 0.15) is 4.71 Å². The highest BCUT2D eigenvalue weighted by Gasteiger charge is 2.24. The lowest BCUT2D eigenvalue weighted by Crippen LogP contribution is -2.34. The minimum absolute atomic E-state index is 0.699. The minimum atomic E-state index is 0.699. The van der Waals surface area contributed by atoms with Crippen molar-refractivity contribution in [2.75, 3.05) is 13.1 Å². The Morgan fingerprint density at radius 3 is 2.67 bits per heavy atom. The summed E-state index contributed by atoms with van der Waals surface area (Å²) in [6, 6.07) is 0. The molecule has 0 radical (unpaired) electrons. The van der Waals surface area contributed by atoms with Gasteiger partial charge in [-0.15, -0.1) is 11.8 Å². The molecule has 0 aromatic carbocycles. The van der Waals surface area contributed by atoms with Crippen LogP contribution in [0, 0.1) is 0 Å². The number of thioether (sulfide) groups is 2. The average Bonchev–Trinajstić information content (AvgIpc) is 2.54. The van der Waals surface area contributed by atoms with Gasteiger partial charge in [-0.1, -0.05) is 18.2 Å². The van der Waals surface area contributed by atoms with E-state index in [4.69, 9.17) is 0 Å². The number of nitrogens with zero attached hydrogens (tertiary/aromatic N) is 1. The number of rotatable bonds is 1. The Morgan fingerprint density at radius 2 is 2.08 bits per heavy atom. The predicted octanol–water partition coefficient (Wildman–Crippen LogP) is 3.10. The van der Waals surface area contributed by atoms with Crippen molar-refractivity contribution in [1.82, 2.24) is 4.90 Å². The Balaban J connectivity index is 1.85. The van der Waals surface area contributed by atoms with Crippen molar-refractivity contribution >= 4 is 23.5 Å². The second-order valence-corrected chi connectivity index (χ2v) is 5.97. The van der Waals surface area contributed by atoms with Crippen molar-refractivity contribution < 1.29 is 0 Å². The maximum Gasteiger partial charge on any atom is 0.111 e. The van der Waals surface area contributed by atoms with Gasteiger partial charge in [0.25, 0.3) is 0 Å². The summed E-state index contributed by atoms with van der Waals surface area (Å²) in [7, 11) is 0. The summed E-state index contributed by atoms with van der Waals surface area (Å²) in [5.74, 6) is 0. The second kappa shape index (κ2) is 4.07.